The Labute approximate surface area is 254 Å². The van der Waals surface area contributed by atoms with Crippen LogP contribution in [0.5, 0.6) is 5.88 Å². The number of aromatic amines is 1. The third-order valence-corrected chi connectivity index (χ3v) is 7.36. The first-order valence-electron chi connectivity index (χ1n) is 14.1. The minimum atomic E-state index is -0.289. The highest BCUT2D eigenvalue weighted by atomic mass is 16.5. The molecule has 1 unspecified atom stereocenters. The molecule has 14 heteroatoms. The molecule has 0 radical (unpaired) electrons. The SMILES string of the molecule is CNC(=O)c1cncc(OC2CCN(Cc3cccc4c(-c5nc(Nc6cc(C)n(C)n6)ncc5C)c[nH]c34)C2)n1.NC=O. The molecule has 5 N–H and O–H groups in total. The van der Waals surface area contributed by atoms with Gasteiger partial charge in [0.25, 0.3) is 5.91 Å². The Kier molecular flexibility index (Phi) is 9.09. The summed E-state index contributed by atoms with van der Waals surface area (Å²) in [5, 5.41) is 11.3. The standard InChI is InChI=1S/C29H32N10O2.CH3NO/c1-17-11-33-29(35-24-10-18(2)38(4)37-24)36-26(17)22-12-32-27-19(6-5-7-21(22)27)15-39-9-8-20(16-39)41-25-14-31-13-23(34-25)28(40)30-3;2-1-3/h5-7,10-14,20,32H,8-9,15-16H2,1-4H3,(H,30,40)(H,33,35,36,37);1H,(H2,2,3). The molecule has 0 aliphatic carbocycles. The molecule has 0 saturated carbocycles. The van der Waals surface area contributed by atoms with Crippen molar-refractivity contribution in [1.29, 1.82) is 0 Å². The number of rotatable bonds is 8. The van der Waals surface area contributed by atoms with E-state index in [2.05, 4.69) is 64.5 Å². The Morgan fingerprint density at radius 2 is 2.05 bits per heavy atom. The summed E-state index contributed by atoms with van der Waals surface area (Å²) in [6.45, 7) is 6.44. The first-order valence-corrected chi connectivity index (χ1v) is 14.1. The van der Waals surface area contributed by atoms with Gasteiger partial charge in [0.15, 0.2) is 5.82 Å². The molecule has 1 aromatic carbocycles. The number of hydrogen-bond donors (Lipinski definition) is 4. The highest BCUT2D eigenvalue weighted by molar-refractivity contribution is 5.97. The van der Waals surface area contributed by atoms with Crippen LogP contribution in [0, 0.1) is 13.8 Å². The fraction of sp³-hybridized carbons (Fsp3) is 0.300. The molecule has 5 aromatic rings. The predicted octanol–water partition coefficient (Wildman–Crippen LogP) is 2.62. The number of nitrogens with one attached hydrogen (secondary N) is 3. The summed E-state index contributed by atoms with van der Waals surface area (Å²) in [5.41, 5.74) is 10.6. The first-order chi connectivity index (χ1) is 21.3. The van der Waals surface area contributed by atoms with Crippen molar-refractivity contribution in [3.63, 3.8) is 0 Å². The second kappa shape index (κ2) is 13.3. The lowest BCUT2D eigenvalue weighted by molar-refractivity contribution is -0.106. The number of H-pyrrole nitrogens is 1. The van der Waals surface area contributed by atoms with E-state index in [1.165, 1.54) is 11.8 Å². The Bertz CT molecular complexity index is 1760. The van der Waals surface area contributed by atoms with E-state index in [1.807, 2.05) is 44.0 Å². The largest absolute Gasteiger partial charge is 0.472 e. The average molecular weight is 598 g/mol. The number of carbonyl (C=O) groups excluding carboxylic acids is 2. The predicted molar refractivity (Wildman–Crippen MR) is 165 cm³/mol. The zero-order valence-corrected chi connectivity index (χ0v) is 25.0. The highest BCUT2D eigenvalue weighted by Gasteiger charge is 2.26. The molecule has 44 heavy (non-hydrogen) atoms. The monoisotopic (exact) mass is 597 g/mol. The fourth-order valence-corrected chi connectivity index (χ4v) is 5.15. The van der Waals surface area contributed by atoms with Crippen LogP contribution in [0.15, 0.2) is 49.1 Å². The van der Waals surface area contributed by atoms with Crippen molar-refractivity contribution in [3.05, 3.63) is 71.6 Å². The molecule has 1 aliphatic heterocycles. The third kappa shape index (κ3) is 6.65. The van der Waals surface area contributed by atoms with Crippen molar-refractivity contribution in [3.8, 4) is 17.1 Å². The Morgan fingerprint density at radius 1 is 1.23 bits per heavy atom. The maximum atomic E-state index is 11.9. The zero-order valence-electron chi connectivity index (χ0n) is 25.0. The number of nitrogens with two attached hydrogens (primary N) is 1. The lowest BCUT2D eigenvalue weighted by Gasteiger charge is -2.17. The number of aromatic nitrogens is 7. The first kappa shape index (κ1) is 30.1. The molecule has 1 aliphatic rings. The molecule has 228 valence electrons. The Hall–Kier alpha value is -5.37. The smallest absolute Gasteiger partial charge is 0.271 e. The van der Waals surface area contributed by atoms with Crippen molar-refractivity contribution < 1.29 is 14.3 Å². The highest BCUT2D eigenvalue weighted by Crippen LogP contribution is 2.32. The number of ether oxygens (including phenoxy) is 1. The van der Waals surface area contributed by atoms with E-state index in [1.54, 1.807) is 13.2 Å². The van der Waals surface area contributed by atoms with Crippen molar-refractivity contribution in [2.75, 3.05) is 25.5 Å². The van der Waals surface area contributed by atoms with Gasteiger partial charge < -0.3 is 26.1 Å². The van der Waals surface area contributed by atoms with Crippen LogP contribution in [0.3, 0.4) is 0 Å². The number of benzene rings is 1. The summed E-state index contributed by atoms with van der Waals surface area (Å²) in [5.74, 6) is 1.28. The molecule has 2 amide bonds. The van der Waals surface area contributed by atoms with Gasteiger partial charge in [-0.25, -0.2) is 15.0 Å². The topological polar surface area (TPSA) is 182 Å². The van der Waals surface area contributed by atoms with Crippen molar-refractivity contribution in [2.45, 2.75) is 32.9 Å². The Balaban J connectivity index is 0.00000123. The molecular weight excluding hydrogens is 562 g/mol. The van der Waals surface area contributed by atoms with Crippen LogP contribution in [0.4, 0.5) is 11.8 Å². The summed E-state index contributed by atoms with van der Waals surface area (Å²) < 4.78 is 7.89. The van der Waals surface area contributed by atoms with Crippen LogP contribution < -0.4 is 21.1 Å². The molecule has 0 spiro atoms. The van der Waals surface area contributed by atoms with Crippen LogP contribution in [0.2, 0.25) is 0 Å². The van der Waals surface area contributed by atoms with Crippen LogP contribution in [-0.4, -0.2) is 78.2 Å². The van der Waals surface area contributed by atoms with E-state index in [0.29, 0.717) is 17.6 Å². The Morgan fingerprint density at radius 3 is 2.80 bits per heavy atom. The van der Waals surface area contributed by atoms with Crippen LogP contribution >= 0.6 is 0 Å². The van der Waals surface area contributed by atoms with Gasteiger partial charge in [0.1, 0.15) is 11.8 Å². The number of fused-ring (bicyclic) bond motifs is 1. The number of para-hydroxylation sites is 1. The number of anilines is 2. The van der Waals surface area contributed by atoms with Gasteiger partial charge in [-0.05, 0) is 31.4 Å². The fourth-order valence-electron chi connectivity index (χ4n) is 5.15. The van der Waals surface area contributed by atoms with Gasteiger partial charge in [0.05, 0.1) is 23.6 Å². The van der Waals surface area contributed by atoms with Gasteiger partial charge in [-0.2, -0.15) is 5.10 Å². The summed E-state index contributed by atoms with van der Waals surface area (Å²) >= 11 is 0. The van der Waals surface area contributed by atoms with Gasteiger partial charge in [0, 0.05) is 68.8 Å². The van der Waals surface area contributed by atoms with E-state index in [-0.39, 0.29) is 24.1 Å². The number of primary amides is 1. The van der Waals surface area contributed by atoms with Crippen molar-refractivity contribution >= 4 is 35.0 Å². The van der Waals surface area contributed by atoms with E-state index in [9.17, 15) is 4.79 Å². The maximum Gasteiger partial charge on any atom is 0.271 e. The normalized spacial score (nSPS) is 14.6. The maximum absolute atomic E-state index is 11.9. The van der Waals surface area contributed by atoms with Crippen molar-refractivity contribution in [1.82, 2.24) is 44.9 Å². The second-order valence-corrected chi connectivity index (χ2v) is 10.4. The van der Waals surface area contributed by atoms with Crippen molar-refractivity contribution in [2.24, 2.45) is 12.8 Å². The van der Waals surface area contributed by atoms with Crippen LogP contribution in [0.25, 0.3) is 22.2 Å². The van der Waals surface area contributed by atoms with Crippen LogP contribution in [-0.2, 0) is 18.4 Å². The van der Waals surface area contributed by atoms with E-state index < -0.39 is 0 Å². The second-order valence-electron chi connectivity index (χ2n) is 10.4. The molecule has 4 aromatic heterocycles. The molecule has 1 atom stereocenters. The van der Waals surface area contributed by atoms with E-state index in [0.717, 1.165) is 59.5 Å². The molecule has 6 rings (SSSR count). The zero-order chi connectivity index (χ0) is 31.2. The summed E-state index contributed by atoms with van der Waals surface area (Å²) in [6, 6.07) is 8.32. The van der Waals surface area contributed by atoms with Gasteiger partial charge in [-0.15, -0.1) is 0 Å². The molecule has 14 nitrogen and oxygen atoms in total. The summed E-state index contributed by atoms with van der Waals surface area (Å²) in [7, 11) is 3.47. The minimum absolute atomic E-state index is 0.0277. The number of likely N-dealkylation sites (tertiary alicyclic amines) is 1. The van der Waals surface area contributed by atoms with Gasteiger partial charge >= 0.3 is 0 Å². The average Bonchev–Trinajstić information content (AvgIpc) is 3.73. The molecule has 5 heterocycles. The summed E-state index contributed by atoms with van der Waals surface area (Å²) in [4.78, 5) is 44.0. The number of nitrogens with zero attached hydrogens (tertiary/aromatic N) is 7. The number of carbonyl (C=O) groups is 2. The number of amides is 2. The van der Waals surface area contributed by atoms with Gasteiger partial charge in [0.2, 0.25) is 18.2 Å². The minimum Gasteiger partial charge on any atom is -0.472 e. The van der Waals surface area contributed by atoms with Gasteiger partial charge in [-0.1, -0.05) is 18.2 Å². The quantitative estimate of drug-likeness (QED) is 0.194. The molecule has 1 saturated heterocycles. The van der Waals surface area contributed by atoms with E-state index >= 15 is 0 Å². The van der Waals surface area contributed by atoms with E-state index in [4.69, 9.17) is 14.5 Å². The molecule has 1 fully saturated rings. The number of aryl methyl sites for hydroxylation is 3. The lowest BCUT2D eigenvalue weighted by Crippen LogP contribution is -2.25. The van der Waals surface area contributed by atoms with Crippen LogP contribution in [0.1, 0.15) is 33.7 Å². The summed E-state index contributed by atoms with van der Waals surface area (Å²) in [6.07, 6.45) is 7.92. The number of hydrogen-bond acceptors (Lipinski definition) is 10. The lowest BCUT2D eigenvalue weighted by atomic mass is 10.0. The molecule has 0 bridgehead atoms. The molecular formula is C30H35N11O3. The van der Waals surface area contributed by atoms with Gasteiger partial charge in [-0.3, -0.25) is 24.2 Å². The third-order valence-electron chi connectivity index (χ3n) is 7.36.